The molecule has 2 aromatic heterocycles. The Morgan fingerprint density at radius 1 is 1.35 bits per heavy atom. The van der Waals surface area contributed by atoms with E-state index in [-0.39, 0.29) is 11.5 Å². The van der Waals surface area contributed by atoms with Crippen LogP contribution in [0.4, 0.5) is 5.95 Å². The third-order valence-corrected chi connectivity index (χ3v) is 7.19. The van der Waals surface area contributed by atoms with Crippen LogP contribution in [-0.2, 0) is 15.4 Å². The summed E-state index contributed by atoms with van der Waals surface area (Å²) in [5.74, 6) is 1.44. The van der Waals surface area contributed by atoms with Crippen molar-refractivity contribution in [1.82, 2.24) is 23.9 Å². The molecule has 3 heterocycles. The van der Waals surface area contributed by atoms with Gasteiger partial charge in [-0.1, -0.05) is 18.5 Å². The van der Waals surface area contributed by atoms with Crippen LogP contribution in [0.25, 0.3) is 5.52 Å². The van der Waals surface area contributed by atoms with E-state index in [0.29, 0.717) is 24.2 Å². The molecule has 0 amide bonds. The van der Waals surface area contributed by atoms with E-state index in [0.717, 1.165) is 43.4 Å². The zero-order chi connectivity index (χ0) is 18.5. The average Bonchev–Trinajstić information content (AvgIpc) is 3.33. The molecule has 142 valence electrons. The molecule has 2 aliphatic rings. The Morgan fingerprint density at radius 3 is 2.62 bits per heavy atom. The first-order chi connectivity index (χ1) is 12.3. The SMILES string of the molecule is CCC1(c2nc(Cl)c3cnc(NC4CCN(S(C)(=O)=O)CC4)nn23)CC1. The maximum absolute atomic E-state index is 11.6. The number of piperidine rings is 1. The molecule has 0 radical (unpaired) electrons. The average molecular weight is 399 g/mol. The third-order valence-electron chi connectivity index (χ3n) is 5.61. The van der Waals surface area contributed by atoms with Crippen LogP contribution < -0.4 is 5.32 Å². The molecule has 0 unspecified atom stereocenters. The van der Waals surface area contributed by atoms with Crippen LogP contribution in [0.5, 0.6) is 0 Å². The molecule has 1 saturated carbocycles. The van der Waals surface area contributed by atoms with Gasteiger partial charge in [0.1, 0.15) is 11.3 Å². The number of hydrogen-bond acceptors (Lipinski definition) is 6. The smallest absolute Gasteiger partial charge is 0.241 e. The topological polar surface area (TPSA) is 92.5 Å². The van der Waals surface area contributed by atoms with Crippen LogP contribution in [0.15, 0.2) is 6.20 Å². The number of hydrogen-bond donors (Lipinski definition) is 1. The molecule has 1 N–H and O–H groups in total. The van der Waals surface area contributed by atoms with Gasteiger partial charge in [-0.05, 0) is 32.1 Å². The minimum atomic E-state index is -3.12. The van der Waals surface area contributed by atoms with Crippen molar-refractivity contribution in [3.63, 3.8) is 0 Å². The fourth-order valence-corrected chi connectivity index (χ4v) is 4.74. The molecule has 4 rings (SSSR count). The summed E-state index contributed by atoms with van der Waals surface area (Å²) in [6, 6.07) is 0.147. The van der Waals surface area contributed by atoms with E-state index in [2.05, 4.69) is 27.3 Å². The van der Waals surface area contributed by atoms with Crippen molar-refractivity contribution in [2.45, 2.75) is 50.5 Å². The normalized spacial score (nSPS) is 21.2. The monoisotopic (exact) mass is 398 g/mol. The Labute approximate surface area is 158 Å². The summed E-state index contributed by atoms with van der Waals surface area (Å²) in [7, 11) is -3.12. The Balaban J connectivity index is 1.54. The molecule has 1 aliphatic carbocycles. The molecule has 1 saturated heterocycles. The largest absolute Gasteiger partial charge is 0.350 e. The van der Waals surface area contributed by atoms with Gasteiger partial charge in [-0.3, -0.25) is 0 Å². The molecular formula is C16H23ClN6O2S. The first-order valence-corrected chi connectivity index (χ1v) is 11.2. The first-order valence-electron chi connectivity index (χ1n) is 8.96. The molecule has 0 aromatic carbocycles. The molecular weight excluding hydrogens is 376 g/mol. The number of halogens is 1. The van der Waals surface area contributed by atoms with Gasteiger partial charge in [0.2, 0.25) is 16.0 Å². The van der Waals surface area contributed by atoms with Crippen molar-refractivity contribution in [2.24, 2.45) is 0 Å². The number of aromatic nitrogens is 4. The van der Waals surface area contributed by atoms with E-state index in [1.54, 1.807) is 6.20 Å². The lowest BCUT2D eigenvalue weighted by atomic mass is 10.0. The highest BCUT2D eigenvalue weighted by Crippen LogP contribution is 2.50. The lowest BCUT2D eigenvalue weighted by Crippen LogP contribution is -2.42. The van der Waals surface area contributed by atoms with Gasteiger partial charge >= 0.3 is 0 Å². The van der Waals surface area contributed by atoms with E-state index >= 15 is 0 Å². The number of fused-ring (bicyclic) bond motifs is 1. The van der Waals surface area contributed by atoms with E-state index in [1.807, 2.05) is 4.52 Å². The number of nitrogens with one attached hydrogen (secondary N) is 1. The van der Waals surface area contributed by atoms with Crippen molar-refractivity contribution in [2.75, 3.05) is 24.7 Å². The molecule has 0 spiro atoms. The van der Waals surface area contributed by atoms with Crippen molar-refractivity contribution in [1.29, 1.82) is 0 Å². The highest BCUT2D eigenvalue weighted by atomic mass is 35.5. The van der Waals surface area contributed by atoms with Crippen LogP contribution >= 0.6 is 11.6 Å². The Kier molecular flexibility index (Phi) is 4.36. The lowest BCUT2D eigenvalue weighted by molar-refractivity contribution is 0.331. The maximum atomic E-state index is 11.6. The molecule has 8 nitrogen and oxygen atoms in total. The van der Waals surface area contributed by atoms with Gasteiger partial charge in [-0.2, -0.15) is 0 Å². The number of rotatable bonds is 5. The number of nitrogens with zero attached hydrogens (tertiary/aromatic N) is 5. The van der Waals surface area contributed by atoms with Crippen LogP contribution in [0.3, 0.4) is 0 Å². The van der Waals surface area contributed by atoms with Crippen molar-refractivity contribution < 1.29 is 8.42 Å². The van der Waals surface area contributed by atoms with Crippen LogP contribution in [0.1, 0.15) is 44.9 Å². The quantitative estimate of drug-likeness (QED) is 0.828. The lowest BCUT2D eigenvalue weighted by Gasteiger charge is -2.30. The molecule has 0 atom stereocenters. The second-order valence-corrected chi connectivity index (χ2v) is 9.66. The zero-order valence-corrected chi connectivity index (χ0v) is 16.5. The summed E-state index contributed by atoms with van der Waals surface area (Å²) in [6.07, 6.45) is 7.63. The number of sulfonamides is 1. The molecule has 26 heavy (non-hydrogen) atoms. The van der Waals surface area contributed by atoms with E-state index in [4.69, 9.17) is 11.6 Å². The predicted octanol–water partition coefficient (Wildman–Crippen LogP) is 2.06. The molecule has 2 aromatic rings. The van der Waals surface area contributed by atoms with Gasteiger partial charge in [0, 0.05) is 24.5 Å². The van der Waals surface area contributed by atoms with E-state index in [1.165, 1.54) is 10.6 Å². The fraction of sp³-hybridized carbons (Fsp3) is 0.688. The first kappa shape index (κ1) is 17.9. The maximum Gasteiger partial charge on any atom is 0.241 e. The van der Waals surface area contributed by atoms with Crippen molar-refractivity contribution in [3.8, 4) is 0 Å². The Bertz CT molecular complexity index is 932. The van der Waals surface area contributed by atoms with Crippen molar-refractivity contribution >= 4 is 33.1 Å². The highest BCUT2D eigenvalue weighted by Gasteiger charge is 2.46. The molecule has 2 fully saturated rings. The van der Waals surface area contributed by atoms with Crippen molar-refractivity contribution in [3.05, 3.63) is 17.2 Å². The summed E-state index contributed by atoms with van der Waals surface area (Å²) in [4.78, 5) is 8.92. The van der Waals surface area contributed by atoms with E-state index in [9.17, 15) is 8.42 Å². The second-order valence-electron chi connectivity index (χ2n) is 7.32. The molecule has 10 heteroatoms. The van der Waals surface area contributed by atoms with Gasteiger partial charge in [-0.25, -0.2) is 27.2 Å². The number of anilines is 1. The minimum Gasteiger partial charge on any atom is -0.350 e. The standard InChI is InChI=1S/C16H23ClN6O2S/c1-3-16(6-7-16)14-20-13(17)12-10-18-15(21-23(12)14)19-11-4-8-22(9-5-11)26(2,24)25/h10-11H,3-9H2,1-2H3,(H,19,21). The fourth-order valence-electron chi connectivity index (χ4n) is 3.66. The Morgan fingerprint density at radius 2 is 2.04 bits per heavy atom. The van der Waals surface area contributed by atoms with Gasteiger partial charge in [-0.15, -0.1) is 5.10 Å². The van der Waals surface area contributed by atoms with Gasteiger partial charge in [0.15, 0.2) is 5.15 Å². The number of imidazole rings is 1. The Hall–Kier alpha value is -1.45. The second kappa shape index (κ2) is 6.31. The summed E-state index contributed by atoms with van der Waals surface area (Å²) < 4.78 is 26.6. The highest BCUT2D eigenvalue weighted by molar-refractivity contribution is 7.88. The van der Waals surface area contributed by atoms with Gasteiger partial charge in [0.25, 0.3) is 0 Å². The third kappa shape index (κ3) is 3.16. The summed E-state index contributed by atoms with van der Waals surface area (Å²) in [5, 5.41) is 8.40. The zero-order valence-electron chi connectivity index (χ0n) is 14.9. The van der Waals surface area contributed by atoms with Crippen LogP contribution in [0, 0.1) is 0 Å². The van der Waals surface area contributed by atoms with E-state index < -0.39 is 10.0 Å². The van der Waals surface area contributed by atoms with Gasteiger partial charge in [0.05, 0.1) is 12.5 Å². The summed E-state index contributed by atoms with van der Waals surface area (Å²) in [5.41, 5.74) is 0.807. The molecule has 0 bridgehead atoms. The molecule has 1 aliphatic heterocycles. The minimum absolute atomic E-state index is 0.0858. The predicted molar refractivity (Wildman–Crippen MR) is 100 cm³/mol. The van der Waals surface area contributed by atoms with Gasteiger partial charge < -0.3 is 5.32 Å². The van der Waals surface area contributed by atoms with Crippen LogP contribution in [0.2, 0.25) is 5.15 Å². The summed E-state index contributed by atoms with van der Waals surface area (Å²) >= 11 is 6.28. The van der Waals surface area contributed by atoms with Crippen LogP contribution in [-0.4, -0.2) is 57.7 Å². The summed E-state index contributed by atoms with van der Waals surface area (Å²) in [6.45, 7) is 3.19.